The number of benzene rings is 2. The zero-order valence-corrected chi connectivity index (χ0v) is 15.8. The summed E-state index contributed by atoms with van der Waals surface area (Å²) in [6.45, 7) is 0.357. The number of fused-ring (bicyclic) bond motifs is 1. The number of hydrogen-bond donors (Lipinski definition) is 1. The molecule has 0 radical (unpaired) electrons. The summed E-state index contributed by atoms with van der Waals surface area (Å²) in [5.41, 5.74) is 4.82. The van der Waals surface area contributed by atoms with E-state index in [0.717, 1.165) is 22.5 Å². The SMILES string of the molecule is O=C(/C=C/c1ccc(-c2ccccc2)cc1)NCc1cn2ccc(Cl)cc2n1. The predicted molar refractivity (Wildman–Crippen MR) is 113 cm³/mol. The number of nitrogens with one attached hydrogen (secondary N) is 1. The lowest BCUT2D eigenvalue weighted by Gasteiger charge is -2.02. The molecule has 0 aliphatic rings. The van der Waals surface area contributed by atoms with Crippen molar-refractivity contribution in [2.45, 2.75) is 6.54 Å². The molecule has 4 aromatic rings. The van der Waals surface area contributed by atoms with Crippen LogP contribution in [0.25, 0.3) is 22.9 Å². The van der Waals surface area contributed by atoms with E-state index in [1.165, 1.54) is 11.6 Å². The third kappa shape index (κ3) is 4.30. The van der Waals surface area contributed by atoms with Crippen molar-refractivity contribution < 1.29 is 4.79 Å². The van der Waals surface area contributed by atoms with Crippen molar-refractivity contribution in [1.29, 1.82) is 0 Å². The largest absolute Gasteiger partial charge is 0.347 e. The highest BCUT2D eigenvalue weighted by molar-refractivity contribution is 6.30. The van der Waals surface area contributed by atoms with Crippen LogP contribution in [0.5, 0.6) is 0 Å². The van der Waals surface area contributed by atoms with Crippen LogP contribution in [-0.4, -0.2) is 15.3 Å². The molecule has 2 aromatic carbocycles. The van der Waals surface area contributed by atoms with Crippen LogP contribution < -0.4 is 5.32 Å². The number of rotatable bonds is 5. The number of imidazole rings is 1. The van der Waals surface area contributed by atoms with Crippen molar-refractivity contribution in [2.75, 3.05) is 0 Å². The second kappa shape index (κ2) is 8.11. The second-order valence-electron chi connectivity index (χ2n) is 6.38. The molecule has 0 saturated heterocycles. The maximum Gasteiger partial charge on any atom is 0.244 e. The minimum atomic E-state index is -0.165. The van der Waals surface area contributed by atoms with Crippen LogP contribution in [0.15, 0.2) is 85.2 Å². The van der Waals surface area contributed by atoms with Gasteiger partial charge in [0.15, 0.2) is 0 Å². The van der Waals surface area contributed by atoms with Crippen LogP contribution in [0.1, 0.15) is 11.3 Å². The first-order valence-corrected chi connectivity index (χ1v) is 9.30. The molecule has 0 aliphatic carbocycles. The van der Waals surface area contributed by atoms with E-state index >= 15 is 0 Å². The lowest BCUT2D eigenvalue weighted by Crippen LogP contribution is -2.20. The molecule has 138 valence electrons. The van der Waals surface area contributed by atoms with Crippen molar-refractivity contribution in [3.05, 3.63) is 101 Å². The molecule has 2 aromatic heterocycles. The van der Waals surface area contributed by atoms with Gasteiger partial charge < -0.3 is 9.72 Å². The third-order valence-electron chi connectivity index (χ3n) is 4.36. The van der Waals surface area contributed by atoms with Crippen molar-refractivity contribution in [2.24, 2.45) is 0 Å². The maximum atomic E-state index is 12.1. The lowest BCUT2D eigenvalue weighted by molar-refractivity contribution is -0.116. The van der Waals surface area contributed by atoms with E-state index < -0.39 is 0 Å². The fourth-order valence-corrected chi connectivity index (χ4v) is 3.07. The van der Waals surface area contributed by atoms with E-state index in [1.54, 1.807) is 18.2 Å². The molecule has 0 aliphatic heterocycles. The van der Waals surface area contributed by atoms with Gasteiger partial charge in [-0.25, -0.2) is 4.98 Å². The number of pyridine rings is 1. The Kier molecular flexibility index (Phi) is 5.22. The fourth-order valence-electron chi connectivity index (χ4n) is 2.92. The number of aromatic nitrogens is 2. The summed E-state index contributed by atoms with van der Waals surface area (Å²) in [5.74, 6) is -0.165. The first-order valence-electron chi connectivity index (χ1n) is 8.92. The molecule has 4 nitrogen and oxygen atoms in total. The molecule has 0 fully saturated rings. The minimum Gasteiger partial charge on any atom is -0.347 e. The molecule has 1 N–H and O–H groups in total. The molecule has 1 amide bonds. The molecule has 4 rings (SSSR count). The summed E-state index contributed by atoms with van der Waals surface area (Å²) in [4.78, 5) is 16.5. The first kappa shape index (κ1) is 18.0. The van der Waals surface area contributed by atoms with Crippen LogP contribution in [0.3, 0.4) is 0 Å². The summed E-state index contributed by atoms with van der Waals surface area (Å²) in [6, 6.07) is 21.9. The molecule has 0 spiro atoms. The van der Waals surface area contributed by atoms with Gasteiger partial charge in [-0.1, -0.05) is 66.2 Å². The molecule has 28 heavy (non-hydrogen) atoms. The molecular formula is C23H18ClN3O. The highest BCUT2D eigenvalue weighted by atomic mass is 35.5. The van der Waals surface area contributed by atoms with Crippen molar-refractivity contribution >= 4 is 29.2 Å². The standard InChI is InChI=1S/C23H18ClN3O/c24-20-12-13-27-16-21(26-22(27)14-20)15-25-23(28)11-8-17-6-9-19(10-7-17)18-4-2-1-3-5-18/h1-14,16H,15H2,(H,25,28)/b11-8+. The topological polar surface area (TPSA) is 46.4 Å². The Balaban J connectivity index is 1.35. The molecule has 0 saturated carbocycles. The van der Waals surface area contributed by atoms with Gasteiger partial charge >= 0.3 is 0 Å². The fraction of sp³-hybridized carbons (Fsp3) is 0.0435. The zero-order valence-electron chi connectivity index (χ0n) is 15.0. The van der Waals surface area contributed by atoms with Gasteiger partial charge in [0.2, 0.25) is 5.91 Å². The van der Waals surface area contributed by atoms with Gasteiger partial charge in [-0.2, -0.15) is 0 Å². The second-order valence-corrected chi connectivity index (χ2v) is 6.82. The number of halogens is 1. The van der Waals surface area contributed by atoms with Crippen molar-refractivity contribution in [1.82, 2.24) is 14.7 Å². The van der Waals surface area contributed by atoms with Crippen molar-refractivity contribution in [3.8, 4) is 11.1 Å². The monoisotopic (exact) mass is 387 g/mol. The molecule has 0 atom stereocenters. The van der Waals surface area contributed by atoms with E-state index in [0.29, 0.717) is 11.6 Å². The number of nitrogens with zero attached hydrogens (tertiary/aromatic N) is 2. The number of carbonyl (C=O) groups excluding carboxylic acids is 1. The maximum absolute atomic E-state index is 12.1. The van der Waals surface area contributed by atoms with Gasteiger partial charge in [0.1, 0.15) is 5.65 Å². The molecule has 0 unspecified atom stereocenters. The Morgan fingerprint density at radius 3 is 2.57 bits per heavy atom. The van der Waals surface area contributed by atoms with Gasteiger partial charge in [-0.15, -0.1) is 0 Å². The Morgan fingerprint density at radius 1 is 1.04 bits per heavy atom. The Labute approximate surface area is 168 Å². The van der Waals surface area contributed by atoms with E-state index in [1.807, 2.05) is 47.1 Å². The normalized spacial score (nSPS) is 11.2. The molecule has 5 heteroatoms. The number of amides is 1. The molecular weight excluding hydrogens is 370 g/mol. The third-order valence-corrected chi connectivity index (χ3v) is 4.60. The highest BCUT2D eigenvalue weighted by Gasteiger charge is 2.03. The smallest absolute Gasteiger partial charge is 0.244 e. The van der Waals surface area contributed by atoms with Crippen LogP contribution in [0, 0.1) is 0 Å². The van der Waals surface area contributed by atoms with Crippen LogP contribution in [0.4, 0.5) is 0 Å². The molecule has 0 bridgehead atoms. The first-order chi connectivity index (χ1) is 13.7. The van der Waals surface area contributed by atoms with Gasteiger partial charge in [0.25, 0.3) is 0 Å². The minimum absolute atomic E-state index is 0.165. The Hall–Kier alpha value is -3.37. The average Bonchev–Trinajstić information content (AvgIpc) is 3.14. The van der Waals surface area contributed by atoms with Crippen LogP contribution in [-0.2, 0) is 11.3 Å². The Morgan fingerprint density at radius 2 is 1.79 bits per heavy atom. The quantitative estimate of drug-likeness (QED) is 0.491. The van der Waals surface area contributed by atoms with E-state index in [-0.39, 0.29) is 5.91 Å². The van der Waals surface area contributed by atoms with Crippen LogP contribution in [0.2, 0.25) is 5.02 Å². The predicted octanol–water partition coefficient (Wildman–Crippen LogP) is 4.98. The summed E-state index contributed by atoms with van der Waals surface area (Å²) < 4.78 is 1.87. The van der Waals surface area contributed by atoms with Crippen molar-refractivity contribution in [3.63, 3.8) is 0 Å². The van der Waals surface area contributed by atoms with Gasteiger partial charge in [-0.05, 0) is 34.9 Å². The number of hydrogen-bond acceptors (Lipinski definition) is 2. The van der Waals surface area contributed by atoms with Gasteiger partial charge in [0.05, 0.1) is 12.2 Å². The average molecular weight is 388 g/mol. The van der Waals surface area contributed by atoms with E-state index in [9.17, 15) is 4.79 Å². The van der Waals surface area contributed by atoms with Gasteiger partial charge in [0, 0.05) is 23.5 Å². The summed E-state index contributed by atoms with van der Waals surface area (Å²) in [6.07, 6.45) is 7.05. The lowest BCUT2D eigenvalue weighted by atomic mass is 10.0. The Bertz CT molecular complexity index is 1130. The van der Waals surface area contributed by atoms with Gasteiger partial charge in [-0.3, -0.25) is 4.79 Å². The summed E-state index contributed by atoms with van der Waals surface area (Å²) in [7, 11) is 0. The highest BCUT2D eigenvalue weighted by Crippen LogP contribution is 2.19. The molecule has 2 heterocycles. The zero-order chi connectivity index (χ0) is 19.3. The summed E-state index contributed by atoms with van der Waals surface area (Å²) >= 11 is 5.97. The van der Waals surface area contributed by atoms with Crippen LogP contribution >= 0.6 is 11.6 Å². The van der Waals surface area contributed by atoms with E-state index in [2.05, 4.69) is 34.6 Å². The number of carbonyl (C=O) groups is 1. The van der Waals surface area contributed by atoms with E-state index in [4.69, 9.17) is 11.6 Å². The summed E-state index contributed by atoms with van der Waals surface area (Å²) in [5, 5.41) is 3.48.